The van der Waals surface area contributed by atoms with Gasteiger partial charge in [-0.1, -0.05) is 78.9 Å². The number of anilines is 3. The second-order valence-corrected chi connectivity index (χ2v) is 6.83. The summed E-state index contributed by atoms with van der Waals surface area (Å²) >= 11 is 0. The normalized spacial score (nSPS) is 11.2. The monoisotopic (exact) mass is 431 g/mol. The zero-order valence-electron chi connectivity index (χ0n) is 17.2. The first-order valence-corrected chi connectivity index (χ1v) is 9.64. The Morgan fingerprint density at radius 3 is 1.78 bits per heavy atom. The molecular weight excluding hydrogens is 410 g/mol. The highest BCUT2D eigenvalue weighted by atomic mass is 16.8. The molecule has 8 nitrogen and oxygen atoms in total. The molecule has 3 aromatic carbocycles. The quantitative estimate of drug-likeness (QED) is 0.339. The molecule has 0 bridgehead atoms. The largest absolute Gasteiger partial charge is 0.769 e. The molecule has 164 valence electrons. The molecule has 0 aliphatic carbocycles. The molecule has 0 saturated heterocycles. The van der Waals surface area contributed by atoms with E-state index in [2.05, 4.69) is 5.32 Å². The van der Waals surface area contributed by atoms with Crippen LogP contribution in [-0.2, 0) is 4.79 Å². The number of amides is 1. The van der Waals surface area contributed by atoms with Crippen molar-refractivity contribution in [1.29, 1.82) is 0 Å². The predicted octanol–water partition coefficient (Wildman–Crippen LogP) is 5.37. The van der Waals surface area contributed by atoms with E-state index in [1.165, 1.54) is 19.1 Å². The third-order valence-electron chi connectivity index (χ3n) is 4.55. The van der Waals surface area contributed by atoms with Gasteiger partial charge in [0.05, 0.1) is 5.69 Å². The van der Waals surface area contributed by atoms with Crippen LogP contribution < -0.4 is 15.8 Å². The molecule has 1 amide bonds. The third kappa shape index (κ3) is 5.60. The van der Waals surface area contributed by atoms with E-state index < -0.39 is 16.8 Å². The smallest absolute Gasteiger partial charge is 0.221 e. The molecule has 0 fully saturated rings. The lowest BCUT2D eigenvalue weighted by Gasteiger charge is -2.40. The van der Waals surface area contributed by atoms with Crippen LogP contribution in [0.1, 0.15) is 29.2 Å². The molecule has 0 aliphatic rings. The van der Waals surface area contributed by atoms with Gasteiger partial charge in [0.2, 0.25) is 5.91 Å². The Kier molecular flexibility index (Phi) is 7.37. The lowest BCUT2D eigenvalue weighted by molar-refractivity contribution is -0.114. The van der Waals surface area contributed by atoms with Crippen LogP contribution in [-0.4, -0.2) is 16.3 Å². The number of nitrogens with zero attached hydrogens (tertiary/aromatic N) is 2. The Morgan fingerprint density at radius 1 is 0.844 bits per heavy atom. The maximum absolute atomic E-state index is 11.8. The van der Waals surface area contributed by atoms with E-state index in [4.69, 9.17) is 0 Å². The third-order valence-corrected chi connectivity index (χ3v) is 4.55. The Hall–Kier alpha value is -3.95. The maximum atomic E-state index is 11.8. The summed E-state index contributed by atoms with van der Waals surface area (Å²) in [5.41, 5.74) is 1.15. The fourth-order valence-corrected chi connectivity index (χ4v) is 3.17. The van der Waals surface area contributed by atoms with Crippen molar-refractivity contribution in [2.45, 2.75) is 6.92 Å². The van der Waals surface area contributed by atoms with Crippen LogP contribution in [0.4, 0.5) is 17.1 Å². The van der Waals surface area contributed by atoms with Gasteiger partial charge in [-0.15, -0.1) is 5.23 Å². The number of hydrogen-bond acceptors (Lipinski definition) is 7. The van der Waals surface area contributed by atoms with Crippen LogP contribution in [0.3, 0.4) is 0 Å². The first kappa shape index (κ1) is 22.7. The van der Waals surface area contributed by atoms with Crippen LogP contribution in [0, 0.1) is 10.4 Å². The minimum Gasteiger partial charge on any atom is -0.769 e. The van der Waals surface area contributed by atoms with Crippen molar-refractivity contribution in [2.24, 2.45) is 0 Å². The number of carbonyl (C=O) groups excluding carboxylic acids is 1. The van der Waals surface area contributed by atoms with Crippen LogP contribution in [0.5, 0.6) is 0 Å². The van der Waals surface area contributed by atoms with Crippen LogP contribution in [0.15, 0.2) is 66.7 Å². The summed E-state index contributed by atoms with van der Waals surface area (Å²) in [5.74, 6) is -0.463. The lowest BCUT2D eigenvalue weighted by Crippen LogP contribution is -2.18. The molecule has 8 heteroatoms. The van der Waals surface area contributed by atoms with Crippen molar-refractivity contribution in [2.75, 3.05) is 15.8 Å². The van der Waals surface area contributed by atoms with Gasteiger partial charge in [0.1, 0.15) is 5.69 Å². The van der Waals surface area contributed by atoms with Crippen molar-refractivity contribution in [3.63, 3.8) is 0 Å². The summed E-state index contributed by atoms with van der Waals surface area (Å²) in [5, 5.41) is 45.4. The fraction of sp³-hybridized carbons (Fsp3) is 0.0417. The van der Waals surface area contributed by atoms with E-state index in [9.17, 15) is 25.6 Å². The number of carbonyl (C=O) groups is 1. The SMILES string of the molecule is CC(=O)Nc1cc(N([O-])[O-])c(C=Cc2ccccc2)c(N(O)O)c1C=Cc1ccccc1. The van der Waals surface area contributed by atoms with Gasteiger partial charge >= 0.3 is 0 Å². The van der Waals surface area contributed by atoms with Crippen molar-refractivity contribution in [3.05, 3.63) is 99.4 Å². The molecule has 3 aromatic rings. The number of hydrogen-bond donors (Lipinski definition) is 3. The average Bonchev–Trinajstić information content (AvgIpc) is 2.77. The molecular formula is C24H21N3O5-2. The predicted molar refractivity (Wildman–Crippen MR) is 127 cm³/mol. The summed E-state index contributed by atoms with van der Waals surface area (Å²) in [6, 6.07) is 19.5. The summed E-state index contributed by atoms with van der Waals surface area (Å²) in [4.78, 5) is 11.7. The van der Waals surface area contributed by atoms with Gasteiger partial charge in [0, 0.05) is 23.7 Å². The molecule has 0 saturated carbocycles. The Morgan fingerprint density at radius 2 is 1.34 bits per heavy atom. The zero-order chi connectivity index (χ0) is 23.1. The number of nitrogens with one attached hydrogen (secondary N) is 1. The summed E-state index contributed by atoms with van der Waals surface area (Å²) in [6.07, 6.45) is 6.31. The number of benzene rings is 3. The molecule has 0 heterocycles. The average molecular weight is 431 g/mol. The van der Waals surface area contributed by atoms with E-state index in [0.717, 1.165) is 11.1 Å². The van der Waals surface area contributed by atoms with Gasteiger partial charge in [-0.2, -0.15) is 0 Å². The fourth-order valence-electron chi connectivity index (χ4n) is 3.17. The van der Waals surface area contributed by atoms with Crippen molar-refractivity contribution in [3.8, 4) is 0 Å². The highest BCUT2D eigenvalue weighted by molar-refractivity contribution is 6.00. The maximum Gasteiger partial charge on any atom is 0.221 e. The second kappa shape index (κ2) is 10.4. The van der Waals surface area contributed by atoms with Crippen LogP contribution >= 0.6 is 0 Å². The minimum atomic E-state index is -0.645. The van der Waals surface area contributed by atoms with Gasteiger partial charge in [-0.05, 0) is 23.3 Å². The van der Waals surface area contributed by atoms with Crippen LogP contribution in [0.25, 0.3) is 24.3 Å². The highest BCUT2D eigenvalue weighted by Gasteiger charge is 2.19. The summed E-state index contributed by atoms with van der Waals surface area (Å²) in [7, 11) is 0. The second-order valence-electron chi connectivity index (χ2n) is 6.83. The first-order chi connectivity index (χ1) is 15.4. The van der Waals surface area contributed by atoms with Gasteiger partial charge in [-0.25, -0.2) is 0 Å². The van der Waals surface area contributed by atoms with Gasteiger partial charge in [0.15, 0.2) is 0 Å². The van der Waals surface area contributed by atoms with Crippen molar-refractivity contribution < 1.29 is 15.2 Å². The first-order valence-electron chi connectivity index (χ1n) is 9.64. The molecule has 0 radical (unpaired) electrons. The van der Waals surface area contributed by atoms with Gasteiger partial charge in [0.25, 0.3) is 0 Å². The Balaban J connectivity index is 2.25. The van der Waals surface area contributed by atoms with Crippen molar-refractivity contribution in [1.82, 2.24) is 0 Å². The Bertz CT molecular complexity index is 1130. The summed E-state index contributed by atoms with van der Waals surface area (Å²) < 4.78 is 0. The standard InChI is InChI=1S/C24H21N3O5/c1-17(28)25-22-16-23(26(29)30)21(15-13-19-10-6-3-7-11-19)24(27(31)32)20(22)14-12-18-8-4-2-5-9-18/h2-16,31-32H,1H3,(H,25,28)/q-2. The van der Waals surface area contributed by atoms with E-state index in [1.807, 2.05) is 48.5 Å². The molecule has 0 aromatic heterocycles. The van der Waals surface area contributed by atoms with Gasteiger partial charge < -0.3 is 21.0 Å². The minimum absolute atomic E-state index is 0.0364. The van der Waals surface area contributed by atoms with E-state index >= 15 is 0 Å². The molecule has 0 unspecified atom stereocenters. The molecule has 3 rings (SSSR count). The van der Waals surface area contributed by atoms with Crippen LogP contribution in [0.2, 0.25) is 0 Å². The Labute approximate surface area is 185 Å². The van der Waals surface area contributed by atoms with Crippen molar-refractivity contribution >= 4 is 47.3 Å². The highest BCUT2D eigenvalue weighted by Crippen LogP contribution is 2.40. The molecule has 0 atom stereocenters. The lowest BCUT2D eigenvalue weighted by atomic mass is 9.99. The molecule has 0 spiro atoms. The molecule has 0 aliphatic heterocycles. The van der Waals surface area contributed by atoms with E-state index in [0.29, 0.717) is 0 Å². The molecule has 32 heavy (non-hydrogen) atoms. The zero-order valence-corrected chi connectivity index (χ0v) is 17.2. The summed E-state index contributed by atoms with van der Waals surface area (Å²) in [6.45, 7) is 1.26. The number of rotatable bonds is 7. The topological polar surface area (TPSA) is 122 Å². The van der Waals surface area contributed by atoms with E-state index in [-0.39, 0.29) is 27.7 Å². The molecule has 3 N–H and O–H groups in total. The van der Waals surface area contributed by atoms with E-state index in [1.54, 1.807) is 30.4 Å². The van der Waals surface area contributed by atoms with Gasteiger partial charge in [-0.3, -0.25) is 15.2 Å².